The molecule has 0 saturated heterocycles. The van der Waals surface area contributed by atoms with Crippen LogP contribution in [0.15, 0.2) is 77.7 Å². The average Bonchev–Trinajstić information content (AvgIpc) is 3.11. The highest BCUT2D eigenvalue weighted by molar-refractivity contribution is 7.10. The summed E-state index contributed by atoms with van der Waals surface area (Å²) in [5, 5.41) is 2.01. The van der Waals surface area contributed by atoms with Crippen LogP contribution in [0.1, 0.15) is 26.9 Å². The first-order valence-electron chi connectivity index (χ1n) is 7.43. The smallest absolute Gasteiger partial charge is 0.196 e. The van der Waals surface area contributed by atoms with E-state index in [1.165, 1.54) is 0 Å². The standard InChI is InChI=1S/C20H14O2S/c21-19-16-10-4-5-11-18(16)22-20(14-7-2-1-3-8-14)17(19)13-15-9-6-12-23-15/h1-13,20H/b17-13+/t20-/m1/s1. The van der Waals surface area contributed by atoms with Gasteiger partial charge in [0.2, 0.25) is 0 Å². The van der Waals surface area contributed by atoms with Gasteiger partial charge >= 0.3 is 0 Å². The first-order valence-corrected chi connectivity index (χ1v) is 8.31. The first kappa shape index (κ1) is 14.0. The second-order valence-electron chi connectivity index (χ2n) is 5.35. The van der Waals surface area contributed by atoms with Gasteiger partial charge in [0, 0.05) is 10.5 Å². The number of ether oxygens (including phenoxy) is 1. The van der Waals surface area contributed by atoms with E-state index in [-0.39, 0.29) is 11.9 Å². The van der Waals surface area contributed by atoms with Crippen molar-refractivity contribution in [2.45, 2.75) is 6.10 Å². The van der Waals surface area contributed by atoms with Crippen LogP contribution in [0.3, 0.4) is 0 Å². The molecule has 1 aliphatic heterocycles. The number of hydrogen-bond donors (Lipinski definition) is 0. The molecule has 0 fully saturated rings. The molecule has 0 saturated carbocycles. The Morgan fingerprint density at radius 1 is 0.913 bits per heavy atom. The molecule has 0 bridgehead atoms. The molecule has 3 heteroatoms. The summed E-state index contributed by atoms with van der Waals surface area (Å²) < 4.78 is 6.17. The van der Waals surface area contributed by atoms with Crippen LogP contribution in [0, 0.1) is 0 Å². The Kier molecular flexibility index (Phi) is 3.56. The number of carbonyl (C=O) groups excluding carboxylic acids is 1. The van der Waals surface area contributed by atoms with E-state index < -0.39 is 0 Å². The molecule has 0 amide bonds. The molecule has 112 valence electrons. The summed E-state index contributed by atoms with van der Waals surface area (Å²) in [6, 6.07) is 21.3. The molecule has 0 spiro atoms. The Balaban J connectivity index is 1.87. The van der Waals surface area contributed by atoms with E-state index in [0.29, 0.717) is 16.9 Å². The molecular formula is C20H14O2S. The fraction of sp³-hybridized carbons (Fsp3) is 0.0500. The Morgan fingerprint density at radius 3 is 2.48 bits per heavy atom. The van der Waals surface area contributed by atoms with Crippen LogP contribution in [0.5, 0.6) is 5.75 Å². The lowest BCUT2D eigenvalue weighted by molar-refractivity contribution is 0.0963. The normalized spacial score (nSPS) is 18.5. The molecule has 4 rings (SSSR count). The maximum absolute atomic E-state index is 13.0. The van der Waals surface area contributed by atoms with E-state index in [9.17, 15) is 4.79 Å². The van der Waals surface area contributed by atoms with Crippen LogP contribution in [0.2, 0.25) is 0 Å². The lowest BCUT2D eigenvalue weighted by Crippen LogP contribution is -2.23. The zero-order valence-corrected chi connectivity index (χ0v) is 13.1. The second-order valence-corrected chi connectivity index (χ2v) is 6.33. The van der Waals surface area contributed by atoms with Crippen molar-refractivity contribution < 1.29 is 9.53 Å². The van der Waals surface area contributed by atoms with Gasteiger partial charge in [-0.25, -0.2) is 0 Å². The van der Waals surface area contributed by atoms with E-state index in [4.69, 9.17) is 4.74 Å². The third kappa shape index (κ3) is 2.60. The number of thiophene rings is 1. The second kappa shape index (κ2) is 5.86. The van der Waals surface area contributed by atoms with Crippen LogP contribution in [0.4, 0.5) is 0 Å². The van der Waals surface area contributed by atoms with Gasteiger partial charge < -0.3 is 4.74 Å². The van der Waals surface area contributed by atoms with Crippen LogP contribution in [-0.4, -0.2) is 5.78 Å². The van der Waals surface area contributed by atoms with Crippen LogP contribution in [0.25, 0.3) is 6.08 Å². The van der Waals surface area contributed by atoms with E-state index in [2.05, 4.69) is 0 Å². The molecule has 3 aromatic rings. The van der Waals surface area contributed by atoms with Crippen LogP contribution >= 0.6 is 11.3 Å². The minimum Gasteiger partial charge on any atom is -0.480 e. The van der Waals surface area contributed by atoms with E-state index in [0.717, 1.165) is 10.4 Å². The number of rotatable bonds is 2. The number of hydrogen-bond acceptors (Lipinski definition) is 3. The summed E-state index contributed by atoms with van der Waals surface area (Å²) in [5.41, 5.74) is 2.29. The van der Waals surface area contributed by atoms with Crippen molar-refractivity contribution in [3.05, 3.63) is 93.7 Å². The lowest BCUT2D eigenvalue weighted by Gasteiger charge is -2.28. The zero-order chi connectivity index (χ0) is 15.6. The van der Waals surface area contributed by atoms with Gasteiger partial charge in [-0.15, -0.1) is 11.3 Å². The van der Waals surface area contributed by atoms with Gasteiger partial charge in [0.15, 0.2) is 11.9 Å². The summed E-state index contributed by atoms with van der Waals surface area (Å²) >= 11 is 1.61. The molecule has 2 heterocycles. The zero-order valence-electron chi connectivity index (χ0n) is 12.3. The topological polar surface area (TPSA) is 26.3 Å². The minimum atomic E-state index is -0.374. The van der Waals surface area contributed by atoms with Crippen molar-refractivity contribution in [2.24, 2.45) is 0 Å². The van der Waals surface area contributed by atoms with E-state index in [1.54, 1.807) is 11.3 Å². The average molecular weight is 318 g/mol. The highest BCUT2D eigenvalue weighted by Gasteiger charge is 2.32. The molecule has 0 aliphatic carbocycles. The molecular weight excluding hydrogens is 304 g/mol. The van der Waals surface area contributed by atoms with Crippen molar-refractivity contribution in [3.8, 4) is 5.75 Å². The molecule has 23 heavy (non-hydrogen) atoms. The summed E-state index contributed by atoms with van der Waals surface area (Å²) in [7, 11) is 0. The fourth-order valence-corrected chi connectivity index (χ4v) is 3.43. The van der Waals surface area contributed by atoms with Gasteiger partial charge in [-0.05, 0) is 35.2 Å². The SMILES string of the molecule is O=C1/C(=C\c2cccs2)[C@@H](c2ccccc2)Oc2ccccc21. The number of Topliss-reactive ketones (excluding diaryl/α,β-unsaturated/α-hetero) is 1. The summed E-state index contributed by atoms with van der Waals surface area (Å²) in [4.78, 5) is 14.0. The Morgan fingerprint density at radius 2 is 1.70 bits per heavy atom. The molecule has 2 aromatic carbocycles. The molecule has 1 aromatic heterocycles. The number of para-hydroxylation sites is 1. The fourth-order valence-electron chi connectivity index (χ4n) is 2.77. The number of carbonyl (C=O) groups is 1. The van der Waals surface area contributed by atoms with E-state index >= 15 is 0 Å². The molecule has 1 aliphatic rings. The largest absolute Gasteiger partial charge is 0.480 e. The predicted octanol–water partition coefficient (Wildman–Crippen LogP) is 5.15. The quantitative estimate of drug-likeness (QED) is 0.611. The predicted molar refractivity (Wildman–Crippen MR) is 92.9 cm³/mol. The lowest BCUT2D eigenvalue weighted by atomic mass is 9.90. The summed E-state index contributed by atoms with van der Waals surface area (Å²) in [5.74, 6) is 0.684. The maximum atomic E-state index is 13.0. The van der Waals surface area contributed by atoms with Gasteiger partial charge in [-0.1, -0.05) is 48.5 Å². The summed E-state index contributed by atoms with van der Waals surface area (Å²) in [6.07, 6.45) is 1.57. The first-order chi connectivity index (χ1) is 11.3. The maximum Gasteiger partial charge on any atom is 0.196 e. The molecule has 1 atom stereocenters. The summed E-state index contributed by atoms with van der Waals surface area (Å²) in [6.45, 7) is 0. The van der Waals surface area contributed by atoms with Gasteiger partial charge in [0.25, 0.3) is 0 Å². The molecule has 0 radical (unpaired) electrons. The van der Waals surface area contributed by atoms with Crippen molar-refractivity contribution in [1.29, 1.82) is 0 Å². The highest BCUT2D eigenvalue weighted by Crippen LogP contribution is 2.39. The minimum absolute atomic E-state index is 0.0362. The number of fused-ring (bicyclic) bond motifs is 1. The van der Waals surface area contributed by atoms with Crippen molar-refractivity contribution in [2.75, 3.05) is 0 Å². The Hall–Kier alpha value is -2.65. The molecule has 0 N–H and O–H groups in total. The Bertz CT molecular complexity index is 864. The van der Waals surface area contributed by atoms with Crippen LogP contribution < -0.4 is 4.74 Å². The number of ketones is 1. The Labute approximate surface area is 138 Å². The molecule has 2 nitrogen and oxygen atoms in total. The third-order valence-electron chi connectivity index (χ3n) is 3.86. The monoisotopic (exact) mass is 318 g/mol. The van der Waals surface area contributed by atoms with Gasteiger partial charge in [-0.2, -0.15) is 0 Å². The van der Waals surface area contributed by atoms with Gasteiger partial charge in [-0.3, -0.25) is 4.79 Å². The van der Waals surface area contributed by atoms with Gasteiger partial charge in [0.05, 0.1) is 5.56 Å². The van der Waals surface area contributed by atoms with Crippen molar-refractivity contribution in [3.63, 3.8) is 0 Å². The van der Waals surface area contributed by atoms with Crippen molar-refractivity contribution in [1.82, 2.24) is 0 Å². The van der Waals surface area contributed by atoms with Crippen molar-refractivity contribution >= 4 is 23.2 Å². The number of benzene rings is 2. The molecule has 0 unspecified atom stereocenters. The van der Waals surface area contributed by atoms with Gasteiger partial charge in [0.1, 0.15) is 5.75 Å². The highest BCUT2D eigenvalue weighted by atomic mass is 32.1. The van der Waals surface area contributed by atoms with Crippen LogP contribution in [-0.2, 0) is 0 Å². The van der Waals surface area contributed by atoms with E-state index in [1.807, 2.05) is 78.2 Å². The third-order valence-corrected chi connectivity index (χ3v) is 4.68.